The van der Waals surface area contributed by atoms with E-state index in [4.69, 9.17) is 23.8 Å². The summed E-state index contributed by atoms with van der Waals surface area (Å²) >= 11 is 11.2. The van der Waals surface area contributed by atoms with Gasteiger partial charge in [-0.2, -0.15) is 0 Å². The monoisotopic (exact) mass is 314 g/mol. The highest BCUT2D eigenvalue weighted by Gasteiger charge is 2.31. The minimum Gasteiger partial charge on any atom is -0.327 e. The third kappa shape index (κ3) is 2.82. The molecule has 0 unspecified atom stereocenters. The lowest BCUT2D eigenvalue weighted by Crippen LogP contribution is -2.30. The zero-order chi connectivity index (χ0) is 14.8. The number of hydrogen-bond acceptors (Lipinski definition) is 2. The van der Waals surface area contributed by atoms with Crippen molar-refractivity contribution >= 4 is 46.6 Å². The maximum Gasteiger partial charge on any atom is 0.281 e. The van der Waals surface area contributed by atoms with E-state index in [1.165, 1.54) is 4.90 Å². The van der Waals surface area contributed by atoms with Crippen molar-refractivity contribution in [2.75, 3.05) is 4.90 Å². The van der Waals surface area contributed by atoms with Gasteiger partial charge in [-0.15, -0.1) is 0 Å². The fourth-order valence-corrected chi connectivity index (χ4v) is 2.61. The molecule has 5 heteroatoms. The Kier molecular flexibility index (Phi) is 3.73. The van der Waals surface area contributed by atoms with Crippen molar-refractivity contribution in [2.24, 2.45) is 0 Å². The summed E-state index contributed by atoms with van der Waals surface area (Å²) in [4.78, 5) is 14.0. The maximum absolute atomic E-state index is 12.5. The predicted molar refractivity (Wildman–Crippen MR) is 89.1 cm³/mol. The van der Waals surface area contributed by atoms with E-state index in [-0.39, 0.29) is 5.91 Å². The number of anilines is 1. The number of nitrogens with one attached hydrogen (secondary N) is 1. The molecule has 0 spiro atoms. The van der Waals surface area contributed by atoms with E-state index >= 15 is 0 Å². The Morgan fingerprint density at radius 2 is 1.86 bits per heavy atom. The number of benzene rings is 2. The normalized spacial score (nSPS) is 16.4. The number of nitrogens with zero attached hydrogens (tertiary/aromatic N) is 1. The zero-order valence-corrected chi connectivity index (χ0v) is 12.5. The first-order valence-corrected chi connectivity index (χ1v) is 7.11. The Hall–Kier alpha value is -2.17. The van der Waals surface area contributed by atoms with E-state index < -0.39 is 0 Å². The Bertz CT molecular complexity index is 743. The van der Waals surface area contributed by atoms with Gasteiger partial charge in [0.05, 0.1) is 5.69 Å². The zero-order valence-electron chi connectivity index (χ0n) is 10.9. The van der Waals surface area contributed by atoms with E-state index in [9.17, 15) is 4.79 Å². The molecule has 2 aromatic carbocycles. The van der Waals surface area contributed by atoms with E-state index in [1.54, 1.807) is 18.2 Å². The molecule has 0 radical (unpaired) electrons. The van der Waals surface area contributed by atoms with Crippen LogP contribution in [0.25, 0.3) is 6.08 Å². The Balaban J connectivity index is 1.94. The van der Waals surface area contributed by atoms with Crippen LogP contribution in [0.1, 0.15) is 5.56 Å². The average Bonchev–Trinajstić information content (AvgIpc) is 2.74. The van der Waals surface area contributed by atoms with Crippen molar-refractivity contribution in [1.82, 2.24) is 5.32 Å². The van der Waals surface area contributed by atoms with Crippen molar-refractivity contribution < 1.29 is 4.79 Å². The van der Waals surface area contributed by atoms with Crippen LogP contribution >= 0.6 is 23.8 Å². The first kappa shape index (κ1) is 13.8. The van der Waals surface area contributed by atoms with Crippen LogP contribution in [0.4, 0.5) is 5.69 Å². The second-order valence-electron chi connectivity index (χ2n) is 4.52. The van der Waals surface area contributed by atoms with Gasteiger partial charge in [0.1, 0.15) is 5.70 Å². The lowest BCUT2D eigenvalue weighted by atomic mass is 10.2. The Morgan fingerprint density at radius 1 is 1.10 bits per heavy atom. The van der Waals surface area contributed by atoms with Gasteiger partial charge in [0.2, 0.25) is 0 Å². The molecule has 2 aromatic rings. The van der Waals surface area contributed by atoms with Gasteiger partial charge in [0.25, 0.3) is 5.91 Å². The standard InChI is InChI=1S/C16H11ClN2OS/c17-12-6-4-5-11(9-12)10-14-15(20)19(16(21)18-14)13-7-2-1-3-8-13/h1-10H,(H,18,21)/b14-10+. The molecule has 1 saturated heterocycles. The molecule has 3 nitrogen and oxygen atoms in total. The molecule has 3 rings (SSSR count). The molecule has 1 N–H and O–H groups in total. The van der Waals surface area contributed by atoms with Crippen LogP contribution in [-0.4, -0.2) is 11.0 Å². The number of carbonyl (C=O) groups is 1. The summed E-state index contributed by atoms with van der Waals surface area (Å²) in [6, 6.07) is 16.6. The molecule has 0 saturated carbocycles. The van der Waals surface area contributed by atoms with Crippen LogP contribution in [0, 0.1) is 0 Å². The van der Waals surface area contributed by atoms with E-state index in [2.05, 4.69) is 5.32 Å². The molecule has 1 aliphatic heterocycles. The smallest absolute Gasteiger partial charge is 0.281 e. The molecule has 0 atom stereocenters. The third-order valence-corrected chi connectivity index (χ3v) is 3.57. The van der Waals surface area contributed by atoms with E-state index in [1.807, 2.05) is 42.5 Å². The summed E-state index contributed by atoms with van der Waals surface area (Å²) in [6.07, 6.45) is 1.74. The van der Waals surface area contributed by atoms with Crippen molar-refractivity contribution in [1.29, 1.82) is 0 Å². The van der Waals surface area contributed by atoms with Crippen LogP contribution in [-0.2, 0) is 4.79 Å². The lowest BCUT2D eigenvalue weighted by Gasteiger charge is -2.13. The van der Waals surface area contributed by atoms with Crippen LogP contribution in [0.2, 0.25) is 5.02 Å². The summed E-state index contributed by atoms with van der Waals surface area (Å²) in [5, 5.41) is 3.94. The second kappa shape index (κ2) is 5.68. The lowest BCUT2D eigenvalue weighted by molar-refractivity contribution is -0.113. The van der Waals surface area contributed by atoms with Crippen molar-refractivity contribution in [3.05, 3.63) is 70.9 Å². The highest BCUT2D eigenvalue weighted by molar-refractivity contribution is 7.80. The van der Waals surface area contributed by atoms with Gasteiger partial charge in [-0.3, -0.25) is 9.69 Å². The number of amides is 1. The minimum atomic E-state index is -0.175. The summed E-state index contributed by atoms with van der Waals surface area (Å²) < 4.78 is 0. The average molecular weight is 315 g/mol. The molecule has 1 aliphatic rings. The van der Waals surface area contributed by atoms with Gasteiger partial charge >= 0.3 is 0 Å². The summed E-state index contributed by atoms with van der Waals surface area (Å²) in [7, 11) is 0. The number of thiocarbonyl (C=S) groups is 1. The molecule has 0 aromatic heterocycles. The van der Waals surface area contributed by atoms with Gasteiger partial charge in [0.15, 0.2) is 5.11 Å². The molecule has 1 fully saturated rings. The number of para-hydroxylation sites is 1. The predicted octanol–water partition coefficient (Wildman–Crippen LogP) is 3.60. The van der Waals surface area contributed by atoms with Gasteiger partial charge in [-0.05, 0) is 48.1 Å². The number of carbonyl (C=O) groups excluding carboxylic acids is 1. The first-order valence-electron chi connectivity index (χ1n) is 6.33. The van der Waals surface area contributed by atoms with E-state index in [0.29, 0.717) is 15.8 Å². The minimum absolute atomic E-state index is 0.175. The quantitative estimate of drug-likeness (QED) is 0.679. The van der Waals surface area contributed by atoms with E-state index in [0.717, 1.165) is 11.3 Å². The number of rotatable bonds is 2. The molecule has 1 heterocycles. The first-order chi connectivity index (χ1) is 10.1. The molecule has 1 amide bonds. The summed E-state index contributed by atoms with van der Waals surface area (Å²) in [6.45, 7) is 0. The maximum atomic E-state index is 12.5. The third-order valence-electron chi connectivity index (χ3n) is 3.05. The SMILES string of the molecule is O=C1/C(=C\c2cccc(Cl)c2)NC(=S)N1c1ccccc1. The van der Waals surface area contributed by atoms with Crippen LogP contribution in [0.15, 0.2) is 60.3 Å². The molecule has 0 bridgehead atoms. The Labute approximate surface area is 132 Å². The van der Waals surface area contributed by atoms with Gasteiger partial charge < -0.3 is 5.32 Å². The number of hydrogen-bond donors (Lipinski definition) is 1. The number of halogens is 1. The van der Waals surface area contributed by atoms with Gasteiger partial charge in [-0.1, -0.05) is 41.9 Å². The Morgan fingerprint density at radius 3 is 2.57 bits per heavy atom. The van der Waals surface area contributed by atoms with Gasteiger partial charge in [-0.25, -0.2) is 0 Å². The molecule has 21 heavy (non-hydrogen) atoms. The van der Waals surface area contributed by atoms with Gasteiger partial charge in [0, 0.05) is 5.02 Å². The largest absolute Gasteiger partial charge is 0.327 e. The van der Waals surface area contributed by atoms with Crippen LogP contribution in [0.3, 0.4) is 0 Å². The molecular weight excluding hydrogens is 304 g/mol. The van der Waals surface area contributed by atoms with Crippen molar-refractivity contribution in [2.45, 2.75) is 0 Å². The fourth-order valence-electron chi connectivity index (χ4n) is 2.11. The molecular formula is C16H11ClN2OS. The topological polar surface area (TPSA) is 32.3 Å². The highest BCUT2D eigenvalue weighted by Crippen LogP contribution is 2.22. The van der Waals surface area contributed by atoms with Crippen LogP contribution < -0.4 is 10.2 Å². The fraction of sp³-hybridized carbons (Fsp3) is 0. The summed E-state index contributed by atoms with van der Waals surface area (Å²) in [5.74, 6) is -0.175. The second-order valence-corrected chi connectivity index (χ2v) is 5.34. The molecule has 0 aliphatic carbocycles. The van der Waals surface area contributed by atoms with Crippen LogP contribution in [0.5, 0.6) is 0 Å². The summed E-state index contributed by atoms with van der Waals surface area (Å²) in [5.41, 5.74) is 2.02. The molecule has 104 valence electrons. The van der Waals surface area contributed by atoms with Crippen molar-refractivity contribution in [3.63, 3.8) is 0 Å². The highest BCUT2D eigenvalue weighted by atomic mass is 35.5. The van der Waals surface area contributed by atoms with Crippen molar-refractivity contribution in [3.8, 4) is 0 Å².